The van der Waals surface area contributed by atoms with Crippen molar-refractivity contribution in [3.05, 3.63) is 40.4 Å². The number of carbonyl (C=O) groups is 1. The molecule has 1 N–H and O–H groups in total. The van der Waals surface area contributed by atoms with Crippen molar-refractivity contribution in [1.29, 1.82) is 0 Å². The standard InChI is InChI=1S/C13H12F2N2O2S/c1-3-19-12(18)11-7(2)20-13(17-11)16-8-4-5-9(14)10(15)6-8/h4-6H,3H2,1-2H3,(H,16,17). The van der Waals surface area contributed by atoms with E-state index < -0.39 is 17.6 Å². The van der Waals surface area contributed by atoms with Crippen LogP contribution < -0.4 is 5.32 Å². The highest BCUT2D eigenvalue weighted by Gasteiger charge is 2.16. The van der Waals surface area contributed by atoms with Crippen molar-refractivity contribution in [3.8, 4) is 0 Å². The van der Waals surface area contributed by atoms with E-state index in [0.717, 1.165) is 12.1 Å². The van der Waals surface area contributed by atoms with Gasteiger partial charge in [-0.2, -0.15) is 0 Å². The molecule has 0 aliphatic rings. The number of nitrogens with one attached hydrogen (secondary N) is 1. The number of anilines is 2. The summed E-state index contributed by atoms with van der Waals surface area (Å²) in [6.07, 6.45) is 0. The summed E-state index contributed by atoms with van der Waals surface area (Å²) in [7, 11) is 0. The molecule has 7 heteroatoms. The van der Waals surface area contributed by atoms with Gasteiger partial charge in [0.1, 0.15) is 0 Å². The number of carbonyl (C=O) groups excluding carboxylic acids is 1. The number of ether oxygens (including phenoxy) is 1. The lowest BCUT2D eigenvalue weighted by atomic mass is 10.3. The second-order valence-corrected chi connectivity index (χ2v) is 5.10. The molecule has 0 atom stereocenters. The highest BCUT2D eigenvalue weighted by molar-refractivity contribution is 7.15. The third kappa shape index (κ3) is 3.11. The summed E-state index contributed by atoms with van der Waals surface area (Å²) in [5.41, 5.74) is 0.579. The maximum absolute atomic E-state index is 13.1. The van der Waals surface area contributed by atoms with Crippen LogP contribution in [0.5, 0.6) is 0 Å². The minimum absolute atomic E-state index is 0.224. The van der Waals surface area contributed by atoms with E-state index in [-0.39, 0.29) is 12.3 Å². The van der Waals surface area contributed by atoms with Crippen LogP contribution in [0.2, 0.25) is 0 Å². The Morgan fingerprint density at radius 2 is 2.15 bits per heavy atom. The normalized spacial score (nSPS) is 10.4. The van der Waals surface area contributed by atoms with Crippen molar-refractivity contribution in [3.63, 3.8) is 0 Å². The molecule has 20 heavy (non-hydrogen) atoms. The molecule has 106 valence electrons. The molecule has 0 saturated carbocycles. The summed E-state index contributed by atoms with van der Waals surface area (Å²) in [6, 6.07) is 3.43. The zero-order valence-electron chi connectivity index (χ0n) is 10.9. The number of hydrogen-bond acceptors (Lipinski definition) is 5. The van der Waals surface area contributed by atoms with Gasteiger partial charge in [-0.3, -0.25) is 0 Å². The van der Waals surface area contributed by atoms with E-state index in [2.05, 4.69) is 10.3 Å². The van der Waals surface area contributed by atoms with E-state index in [4.69, 9.17) is 4.74 Å². The first-order chi connectivity index (χ1) is 9.51. The molecule has 0 amide bonds. The fourth-order valence-electron chi connectivity index (χ4n) is 1.54. The van der Waals surface area contributed by atoms with Crippen LogP contribution in [-0.4, -0.2) is 17.6 Å². The molecule has 0 spiro atoms. The van der Waals surface area contributed by atoms with Gasteiger partial charge in [0.15, 0.2) is 22.5 Å². The number of nitrogens with zero attached hydrogens (tertiary/aromatic N) is 1. The van der Waals surface area contributed by atoms with Crippen molar-refractivity contribution in [2.24, 2.45) is 0 Å². The lowest BCUT2D eigenvalue weighted by Gasteiger charge is -2.02. The van der Waals surface area contributed by atoms with Gasteiger partial charge in [-0.05, 0) is 26.0 Å². The molecule has 0 radical (unpaired) electrons. The monoisotopic (exact) mass is 298 g/mol. The van der Waals surface area contributed by atoms with Gasteiger partial charge in [0.2, 0.25) is 0 Å². The van der Waals surface area contributed by atoms with Gasteiger partial charge in [0.25, 0.3) is 0 Å². The predicted octanol–water partition coefficient (Wildman–Crippen LogP) is 3.65. The van der Waals surface area contributed by atoms with Crippen LogP contribution in [-0.2, 0) is 4.74 Å². The second-order valence-electron chi connectivity index (χ2n) is 3.90. The molecule has 1 aromatic carbocycles. The van der Waals surface area contributed by atoms with E-state index in [1.807, 2.05) is 0 Å². The van der Waals surface area contributed by atoms with E-state index in [9.17, 15) is 13.6 Å². The van der Waals surface area contributed by atoms with Crippen molar-refractivity contribution in [2.75, 3.05) is 11.9 Å². The molecule has 2 aromatic rings. The Balaban J connectivity index is 2.20. The van der Waals surface area contributed by atoms with Crippen LogP contribution in [0.4, 0.5) is 19.6 Å². The quantitative estimate of drug-likeness (QED) is 0.875. The van der Waals surface area contributed by atoms with E-state index >= 15 is 0 Å². The first-order valence-corrected chi connectivity index (χ1v) is 6.69. The topological polar surface area (TPSA) is 51.2 Å². The van der Waals surface area contributed by atoms with Crippen LogP contribution >= 0.6 is 11.3 Å². The van der Waals surface area contributed by atoms with Crippen LogP contribution in [0.1, 0.15) is 22.3 Å². The summed E-state index contributed by atoms with van der Waals surface area (Å²) in [4.78, 5) is 16.4. The van der Waals surface area contributed by atoms with Crippen molar-refractivity contribution < 1.29 is 18.3 Å². The molecule has 0 unspecified atom stereocenters. The van der Waals surface area contributed by atoms with Crippen molar-refractivity contribution in [2.45, 2.75) is 13.8 Å². The summed E-state index contributed by atoms with van der Waals surface area (Å²) < 4.78 is 30.8. The van der Waals surface area contributed by atoms with Crippen molar-refractivity contribution >= 4 is 28.1 Å². The highest BCUT2D eigenvalue weighted by atomic mass is 32.1. The fourth-order valence-corrected chi connectivity index (χ4v) is 2.36. The first kappa shape index (κ1) is 14.4. The zero-order chi connectivity index (χ0) is 14.7. The molecule has 0 aliphatic carbocycles. The van der Waals surface area contributed by atoms with Gasteiger partial charge in [0.05, 0.1) is 6.61 Å². The molecular formula is C13H12F2N2O2S. The van der Waals surface area contributed by atoms with Crippen molar-refractivity contribution in [1.82, 2.24) is 4.98 Å². The SMILES string of the molecule is CCOC(=O)c1nc(Nc2ccc(F)c(F)c2)sc1C. The maximum Gasteiger partial charge on any atom is 0.358 e. The molecule has 0 fully saturated rings. The lowest BCUT2D eigenvalue weighted by molar-refractivity contribution is 0.0519. The third-order valence-electron chi connectivity index (χ3n) is 2.44. The number of esters is 1. The number of benzene rings is 1. The van der Waals surface area contributed by atoms with E-state index in [1.165, 1.54) is 17.4 Å². The number of thiazole rings is 1. The average Bonchev–Trinajstić information content (AvgIpc) is 2.75. The number of rotatable bonds is 4. The van der Waals surface area contributed by atoms with E-state index in [0.29, 0.717) is 15.7 Å². The van der Waals surface area contributed by atoms with E-state index in [1.54, 1.807) is 13.8 Å². The van der Waals surface area contributed by atoms with Crippen LogP contribution in [0, 0.1) is 18.6 Å². The van der Waals surface area contributed by atoms with Gasteiger partial charge in [-0.1, -0.05) is 0 Å². The molecule has 0 aliphatic heterocycles. The smallest absolute Gasteiger partial charge is 0.358 e. The summed E-state index contributed by atoms with van der Waals surface area (Å²) in [5, 5.41) is 3.24. The zero-order valence-corrected chi connectivity index (χ0v) is 11.7. The summed E-state index contributed by atoms with van der Waals surface area (Å²) >= 11 is 1.23. The molecule has 1 heterocycles. The Bertz CT molecular complexity index is 643. The van der Waals surface area contributed by atoms with Crippen LogP contribution in [0.25, 0.3) is 0 Å². The van der Waals surface area contributed by atoms with Gasteiger partial charge in [-0.15, -0.1) is 11.3 Å². The Morgan fingerprint density at radius 1 is 1.40 bits per heavy atom. The van der Waals surface area contributed by atoms with Gasteiger partial charge in [0, 0.05) is 16.6 Å². The average molecular weight is 298 g/mol. The summed E-state index contributed by atoms with van der Waals surface area (Å²) in [6.45, 7) is 3.71. The minimum atomic E-state index is -0.950. The first-order valence-electron chi connectivity index (χ1n) is 5.88. The van der Waals surface area contributed by atoms with Crippen LogP contribution in [0.15, 0.2) is 18.2 Å². The molecule has 4 nitrogen and oxygen atoms in total. The second kappa shape index (κ2) is 5.96. The fraction of sp³-hybridized carbons (Fsp3) is 0.231. The Morgan fingerprint density at radius 3 is 2.80 bits per heavy atom. The maximum atomic E-state index is 13.1. The Labute approximate surface area is 118 Å². The third-order valence-corrected chi connectivity index (χ3v) is 3.32. The minimum Gasteiger partial charge on any atom is -0.461 e. The molecule has 2 rings (SSSR count). The van der Waals surface area contributed by atoms with Crippen LogP contribution in [0.3, 0.4) is 0 Å². The number of aryl methyl sites for hydroxylation is 1. The molecule has 0 bridgehead atoms. The van der Waals surface area contributed by atoms with Gasteiger partial charge >= 0.3 is 5.97 Å². The Kier molecular flexibility index (Phi) is 4.29. The van der Waals surface area contributed by atoms with Gasteiger partial charge < -0.3 is 10.1 Å². The number of hydrogen-bond donors (Lipinski definition) is 1. The summed E-state index contributed by atoms with van der Waals surface area (Å²) in [5.74, 6) is -2.37. The van der Waals surface area contributed by atoms with Gasteiger partial charge in [-0.25, -0.2) is 18.6 Å². The lowest BCUT2D eigenvalue weighted by Crippen LogP contribution is -2.06. The number of aromatic nitrogens is 1. The molecular weight excluding hydrogens is 286 g/mol. The Hall–Kier alpha value is -2.02. The predicted molar refractivity (Wildman–Crippen MR) is 72.4 cm³/mol. The molecule has 1 aromatic heterocycles. The number of halogens is 2. The largest absolute Gasteiger partial charge is 0.461 e. The molecule has 0 saturated heterocycles. The highest BCUT2D eigenvalue weighted by Crippen LogP contribution is 2.26.